The predicted molar refractivity (Wildman–Crippen MR) is 138 cm³/mol. The SMILES string of the molecule is Cc1nc2c(nc1-c1cc3nc(N4CCCC4)cc(NC4CCC(C)(O)CC4)n3n1)CCCO2.Cl. The lowest BCUT2D eigenvalue weighted by atomic mass is 9.84. The number of aryl methyl sites for hydroxylation is 2. The highest BCUT2D eigenvalue weighted by Gasteiger charge is 2.29. The molecule has 10 heteroatoms. The Kier molecular flexibility index (Phi) is 6.48. The molecule has 0 amide bonds. The Bertz CT molecular complexity index is 1210. The van der Waals surface area contributed by atoms with Crippen molar-refractivity contribution in [1.29, 1.82) is 0 Å². The van der Waals surface area contributed by atoms with Crippen LogP contribution in [0.1, 0.15) is 63.3 Å². The average Bonchev–Trinajstić information content (AvgIpc) is 3.50. The van der Waals surface area contributed by atoms with Crippen molar-refractivity contribution in [3.63, 3.8) is 0 Å². The number of aromatic nitrogens is 5. The topological polar surface area (TPSA) is 101 Å². The van der Waals surface area contributed by atoms with E-state index in [1.54, 1.807) is 0 Å². The van der Waals surface area contributed by atoms with Crippen LogP contribution >= 0.6 is 12.4 Å². The van der Waals surface area contributed by atoms with Crippen LogP contribution in [0, 0.1) is 6.92 Å². The van der Waals surface area contributed by atoms with Gasteiger partial charge in [-0.15, -0.1) is 12.4 Å². The maximum atomic E-state index is 10.4. The number of aliphatic hydroxyl groups is 1. The summed E-state index contributed by atoms with van der Waals surface area (Å²) in [4.78, 5) is 16.9. The van der Waals surface area contributed by atoms with Crippen molar-refractivity contribution in [2.45, 2.75) is 76.9 Å². The van der Waals surface area contributed by atoms with E-state index in [-0.39, 0.29) is 12.4 Å². The molecule has 0 unspecified atom stereocenters. The van der Waals surface area contributed by atoms with Gasteiger partial charge in [0.1, 0.15) is 28.7 Å². The number of anilines is 2. The van der Waals surface area contributed by atoms with Crippen molar-refractivity contribution in [3.8, 4) is 17.3 Å². The molecule has 5 heterocycles. The molecule has 0 radical (unpaired) electrons. The number of rotatable bonds is 4. The second-order valence-corrected chi connectivity index (χ2v) is 10.3. The highest BCUT2D eigenvalue weighted by molar-refractivity contribution is 5.85. The van der Waals surface area contributed by atoms with E-state index in [0.29, 0.717) is 18.5 Å². The molecule has 3 aromatic heterocycles. The predicted octanol–water partition coefficient (Wildman–Crippen LogP) is 3.95. The van der Waals surface area contributed by atoms with Crippen molar-refractivity contribution in [2.24, 2.45) is 0 Å². The minimum atomic E-state index is -0.558. The third-order valence-electron chi connectivity index (χ3n) is 7.40. The van der Waals surface area contributed by atoms with Gasteiger partial charge in [0.05, 0.1) is 17.9 Å². The van der Waals surface area contributed by atoms with Gasteiger partial charge in [0.25, 0.3) is 0 Å². The minimum Gasteiger partial charge on any atom is -0.476 e. The van der Waals surface area contributed by atoms with E-state index in [1.807, 2.05) is 24.4 Å². The van der Waals surface area contributed by atoms with Gasteiger partial charge in [-0.25, -0.2) is 15.0 Å². The van der Waals surface area contributed by atoms with Crippen LogP contribution in [0.4, 0.5) is 11.6 Å². The summed E-state index contributed by atoms with van der Waals surface area (Å²) in [5.41, 5.74) is 3.53. The molecule has 6 rings (SSSR count). The molecule has 9 nitrogen and oxygen atoms in total. The van der Waals surface area contributed by atoms with Crippen LogP contribution in [0.5, 0.6) is 5.88 Å². The molecule has 2 fully saturated rings. The fraction of sp³-hybridized carbons (Fsp3) is 0.600. The zero-order chi connectivity index (χ0) is 23.3. The smallest absolute Gasteiger partial charge is 0.235 e. The lowest BCUT2D eigenvalue weighted by molar-refractivity contribution is 0.0196. The van der Waals surface area contributed by atoms with E-state index in [0.717, 1.165) is 91.7 Å². The van der Waals surface area contributed by atoms with E-state index < -0.39 is 5.60 Å². The molecule has 0 atom stereocenters. The first-order valence-corrected chi connectivity index (χ1v) is 12.6. The van der Waals surface area contributed by atoms with Gasteiger partial charge in [-0.1, -0.05) is 0 Å². The van der Waals surface area contributed by atoms with Crippen LogP contribution in [-0.2, 0) is 6.42 Å². The van der Waals surface area contributed by atoms with Crippen LogP contribution in [0.2, 0.25) is 0 Å². The zero-order valence-corrected chi connectivity index (χ0v) is 21.3. The monoisotopic (exact) mass is 499 g/mol. The van der Waals surface area contributed by atoms with Gasteiger partial charge in [-0.2, -0.15) is 9.61 Å². The number of nitrogens with one attached hydrogen (secondary N) is 1. The summed E-state index contributed by atoms with van der Waals surface area (Å²) in [6.07, 6.45) is 7.69. The molecule has 0 bridgehead atoms. The first-order chi connectivity index (χ1) is 16.4. The summed E-state index contributed by atoms with van der Waals surface area (Å²) in [5.74, 6) is 2.58. The molecular weight excluding hydrogens is 466 g/mol. The number of hydrogen-bond donors (Lipinski definition) is 2. The molecule has 1 saturated heterocycles. The Hall–Kier alpha value is -2.65. The minimum absolute atomic E-state index is 0. The van der Waals surface area contributed by atoms with Crippen molar-refractivity contribution in [3.05, 3.63) is 23.5 Å². The fourth-order valence-corrected chi connectivity index (χ4v) is 5.34. The first kappa shape index (κ1) is 24.1. The third-order valence-corrected chi connectivity index (χ3v) is 7.40. The van der Waals surface area contributed by atoms with Gasteiger partial charge >= 0.3 is 0 Å². The van der Waals surface area contributed by atoms with Crippen molar-refractivity contribution < 1.29 is 9.84 Å². The third kappa shape index (κ3) is 4.76. The Morgan fingerprint density at radius 3 is 2.63 bits per heavy atom. The number of ether oxygens (including phenoxy) is 1. The summed E-state index contributed by atoms with van der Waals surface area (Å²) in [5, 5.41) is 19.0. The van der Waals surface area contributed by atoms with Crippen LogP contribution in [0.25, 0.3) is 17.0 Å². The Morgan fingerprint density at radius 1 is 1.09 bits per heavy atom. The largest absolute Gasteiger partial charge is 0.476 e. The summed E-state index contributed by atoms with van der Waals surface area (Å²) in [7, 11) is 0. The maximum Gasteiger partial charge on any atom is 0.235 e. The van der Waals surface area contributed by atoms with Crippen LogP contribution in [0.15, 0.2) is 12.1 Å². The summed E-state index contributed by atoms with van der Waals surface area (Å²) >= 11 is 0. The van der Waals surface area contributed by atoms with Crippen molar-refractivity contribution >= 4 is 29.7 Å². The van der Waals surface area contributed by atoms with Gasteiger partial charge in [0.2, 0.25) is 5.88 Å². The molecule has 3 aliphatic rings. The lowest BCUT2D eigenvalue weighted by Crippen LogP contribution is -2.36. The van der Waals surface area contributed by atoms with E-state index in [4.69, 9.17) is 19.8 Å². The van der Waals surface area contributed by atoms with E-state index in [1.165, 1.54) is 12.8 Å². The standard InChI is InChI=1S/C25H33N7O2.ClH/c1-16-23(28-18-6-5-13-34-24(18)26-16)19-14-21-29-20(31-11-3-4-12-31)15-22(32(21)30-19)27-17-7-9-25(2,33)10-8-17;/h14-15,17,27,33H,3-13H2,1-2H3;1H. The van der Waals surface area contributed by atoms with Gasteiger partial charge in [0.15, 0.2) is 5.65 Å². The molecule has 3 aromatic rings. The fourth-order valence-electron chi connectivity index (χ4n) is 5.34. The average molecular weight is 500 g/mol. The molecule has 0 aromatic carbocycles. The number of nitrogens with zero attached hydrogens (tertiary/aromatic N) is 6. The Morgan fingerprint density at radius 2 is 1.86 bits per heavy atom. The number of halogens is 1. The lowest BCUT2D eigenvalue weighted by Gasteiger charge is -2.34. The molecule has 35 heavy (non-hydrogen) atoms. The van der Waals surface area contributed by atoms with E-state index in [2.05, 4.69) is 21.3 Å². The van der Waals surface area contributed by atoms with E-state index >= 15 is 0 Å². The summed E-state index contributed by atoms with van der Waals surface area (Å²) < 4.78 is 7.60. The zero-order valence-electron chi connectivity index (χ0n) is 20.5. The number of hydrogen-bond acceptors (Lipinski definition) is 8. The molecule has 2 aliphatic heterocycles. The highest BCUT2D eigenvalue weighted by Crippen LogP contribution is 2.32. The molecular formula is C25H34ClN7O2. The van der Waals surface area contributed by atoms with Crippen molar-refractivity contribution in [1.82, 2.24) is 24.6 Å². The van der Waals surface area contributed by atoms with Gasteiger partial charge in [-0.05, 0) is 65.2 Å². The van der Waals surface area contributed by atoms with Gasteiger partial charge < -0.3 is 20.1 Å². The van der Waals surface area contributed by atoms with Crippen LogP contribution in [0.3, 0.4) is 0 Å². The second-order valence-electron chi connectivity index (χ2n) is 10.3. The molecule has 0 spiro atoms. The summed E-state index contributed by atoms with van der Waals surface area (Å²) in [6.45, 7) is 6.66. The molecule has 188 valence electrons. The van der Waals surface area contributed by atoms with Crippen LogP contribution < -0.4 is 15.0 Å². The maximum absolute atomic E-state index is 10.4. The Balaban J connectivity index is 0.00000253. The molecule has 2 N–H and O–H groups in total. The molecule has 1 aliphatic carbocycles. The van der Waals surface area contributed by atoms with Crippen LogP contribution in [-0.4, -0.2) is 61.0 Å². The quantitative estimate of drug-likeness (QED) is 0.556. The molecule has 1 saturated carbocycles. The number of fused-ring (bicyclic) bond motifs is 2. The normalized spacial score (nSPS) is 24.1. The highest BCUT2D eigenvalue weighted by atomic mass is 35.5. The second kappa shape index (κ2) is 9.43. The van der Waals surface area contributed by atoms with E-state index in [9.17, 15) is 5.11 Å². The van der Waals surface area contributed by atoms with Gasteiger partial charge in [-0.3, -0.25) is 0 Å². The van der Waals surface area contributed by atoms with Gasteiger partial charge in [0, 0.05) is 31.3 Å². The Labute approximate surface area is 211 Å². The van der Waals surface area contributed by atoms with Crippen molar-refractivity contribution in [2.75, 3.05) is 29.9 Å². The summed E-state index contributed by atoms with van der Waals surface area (Å²) in [6, 6.07) is 4.44. The first-order valence-electron chi connectivity index (χ1n) is 12.6.